The van der Waals surface area contributed by atoms with Gasteiger partial charge in [-0.2, -0.15) is 0 Å². The van der Waals surface area contributed by atoms with Crippen molar-refractivity contribution in [1.29, 1.82) is 0 Å². The number of fused-ring (bicyclic) bond motifs is 1. The zero-order valence-electron chi connectivity index (χ0n) is 12.1. The molecular formula is C15H22O5. The highest BCUT2D eigenvalue weighted by Gasteiger charge is 2.67. The number of aliphatic hydroxyl groups is 1. The fraction of sp³-hybridized carbons (Fsp3) is 0.800. The molecule has 20 heavy (non-hydrogen) atoms. The molecule has 0 unspecified atom stereocenters. The quantitative estimate of drug-likeness (QED) is 0.806. The third kappa shape index (κ3) is 1.70. The smallest absolute Gasteiger partial charge is 0.333 e. The first-order valence-electron chi connectivity index (χ1n) is 7.28. The summed E-state index contributed by atoms with van der Waals surface area (Å²) in [7, 11) is 0. The van der Waals surface area contributed by atoms with Gasteiger partial charge in [-0.1, -0.05) is 20.8 Å². The van der Waals surface area contributed by atoms with Crippen LogP contribution in [0.25, 0.3) is 0 Å². The molecule has 0 amide bonds. The van der Waals surface area contributed by atoms with E-state index in [1.54, 1.807) is 0 Å². The molecule has 0 radical (unpaired) electrons. The Kier molecular flexibility index (Phi) is 3.01. The number of hydrogen-bond donors (Lipinski definition) is 2. The maximum absolute atomic E-state index is 11.3. The van der Waals surface area contributed by atoms with E-state index in [-0.39, 0.29) is 17.1 Å². The Bertz CT molecular complexity index is 471. The van der Waals surface area contributed by atoms with Gasteiger partial charge in [-0.25, -0.2) is 4.79 Å². The summed E-state index contributed by atoms with van der Waals surface area (Å²) in [5, 5.41) is 19.7. The third-order valence-electron chi connectivity index (χ3n) is 5.17. The normalized spacial score (nSPS) is 47.0. The summed E-state index contributed by atoms with van der Waals surface area (Å²) in [6, 6.07) is 0. The number of carboxylic acids is 1. The van der Waals surface area contributed by atoms with Gasteiger partial charge >= 0.3 is 5.97 Å². The molecule has 5 nitrogen and oxygen atoms in total. The van der Waals surface area contributed by atoms with Gasteiger partial charge in [0.05, 0.1) is 17.8 Å². The third-order valence-corrected chi connectivity index (χ3v) is 5.17. The van der Waals surface area contributed by atoms with Crippen molar-refractivity contribution in [2.45, 2.75) is 64.1 Å². The van der Waals surface area contributed by atoms with Crippen LogP contribution in [0.2, 0.25) is 0 Å². The van der Waals surface area contributed by atoms with E-state index >= 15 is 0 Å². The van der Waals surface area contributed by atoms with Crippen LogP contribution in [-0.4, -0.2) is 40.3 Å². The van der Waals surface area contributed by atoms with Crippen molar-refractivity contribution in [1.82, 2.24) is 0 Å². The maximum Gasteiger partial charge on any atom is 0.333 e. The molecule has 5 atom stereocenters. The Balaban J connectivity index is 1.99. The zero-order chi connectivity index (χ0) is 14.7. The van der Waals surface area contributed by atoms with Crippen LogP contribution in [0.1, 0.15) is 40.0 Å². The van der Waals surface area contributed by atoms with E-state index in [0.29, 0.717) is 12.3 Å². The van der Waals surface area contributed by atoms with E-state index in [2.05, 4.69) is 13.8 Å². The van der Waals surface area contributed by atoms with Crippen LogP contribution in [0, 0.1) is 11.3 Å². The zero-order valence-corrected chi connectivity index (χ0v) is 12.1. The largest absolute Gasteiger partial charge is 0.478 e. The van der Waals surface area contributed by atoms with E-state index < -0.39 is 24.0 Å². The van der Waals surface area contributed by atoms with Crippen LogP contribution >= 0.6 is 0 Å². The molecule has 3 heterocycles. The van der Waals surface area contributed by atoms with Crippen molar-refractivity contribution < 1.29 is 24.5 Å². The summed E-state index contributed by atoms with van der Waals surface area (Å²) in [6.45, 7) is 6.21. The van der Waals surface area contributed by atoms with Crippen LogP contribution in [0.3, 0.4) is 0 Å². The molecule has 5 heteroatoms. The number of hydrogen-bond acceptors (Lipinski definition) is 4. The standard InChI is InChI=1S/C15H22O5/c1-8(2)10-4-5-14(3)7-11-9(13(17)18)6-12(16)15(14,19-10)20-11/h6,8,10-12,16H,4-5,7H2,1-3H3,(H,17,18)/t10-,11+,12+,14-,15+/m1/s1. The van der Waals surface area contributed by atoms with Crippen LogP contribution < -0.4 is 0 Å². The van der Waals surface area contributed by atoms with Crippen molar-refractivity contribution in [3.05, 3.63) is 11.6 Å². The Hall–Kier alpha value is -0.910. The van der Waals surface area contributed by atoms with E-state index in [4.69, 9.17) is 9.47 Å². The van der Waals surface area contributed by atoms with Crippen LogP contribution in [0.4, 0.5) is 0 Å². The molecule has 0 saturated carbocycles. The number of carboxylic acid groups (broad SMARTS) is 1. The summed E-state index contributed by atoms with van der Waals surface area (Å²) >= 11 is 0. The van der Waals surface area contributed by atoms with E-state index in [0.717, 1.165) is 12.8 Å². The van der Waals surface area contributed by atoms with Gasteiger partial charge in [0, 0.05) is 5.41 Å². The van der Waals surface area contributed by atoms with Crippen molar-refractivity contribution >= 4 is 5.97 Å². The van der Waals surface area contributed by atoms with Gasteiger partial charge in [0.1, 0.15) is 6.10 Å². The second-order valence-electron chi connectivity index (χ2n) is 6.85. The topological polar surface area (TPSA) is 76.0 Å². The highest BCUT2D eigenvalue weighted by molar-refractivity contribution is 5.88. The fourth-order valence-electron chi connectivity index (χ4n) is 3.87. The Morgan fingerprint density at radius 2 is 2.15 bits per heavy atom. The molecule has 1 spiro atoms. The molecule has 3 aliphatic rings. The number of rotatable bonds is 2. The first kappa shape index (κ1) is 14.0. The lowest BCUT2D eigenvalue weighted by Crippen LogP contribution is -2.60. The Labute approximate surface area is 118 Å². The summed E-state index contributed by atoms with van der Waals surface area (Å²) in [5.74, 6) is -1.76. The number of carbonyl (C=O) groups is 1. The molecule has 0 aliphatic carbocycles. The lowest BCUT2D eigenvalue weighted by atomic mass is 9.71. The number of aliphatic hydroxyl groups excluding tert-OH is 1. The van der Waals surface area contributed by atoms with Gasteiger partial charge in [0.2, 0.25) is 5.79 Å². The van der Waals surface area contributed by atoms with Gasteiger partial charge in [-0.3, -0.25) is 0 Å². The molecule has 0 aromatic carbocycles. The van der Waals surface area contributed by atoms with Crippen molar-refractivity contribution in [3.8, 4) is 0 Å². The fourth-order valence-corrected chi connectivity index (χ4v) is 3.87. The highest BCUT2D eigenvalue weighted by Crippen LogP contribution is 2.59. The van der Waals surface area contributed by atoms with Crippen molar-refractivity contribution in [2.75, 3.05) is 0 Å². The van der Waals surface area contributed by atoms with Crippen LogP contribution in [0.15, 0.2) is 11.6 Å². The minimum atomic E-state index is -1.08. The lowest BCUT2D eigenvalue weighted by molar-refractivity contribution is -0.343. The van der Waals surface area contributed by atoms with Gasteiger partial charge in [-0.05, 0) is 31.3 Å². The summed E-state index contributed by atoms with van der Waals surface area (Å²) in [5.41, 5.74) is -0.181. The molecule has 0 aromatic heterocycles. The average molecular weight is 282 g/mol. The predicted molar refractivity (Wildman–Crippen MR) is 71.0 cm³/mol. The highest BCUT2D eigenvalue weighted by atomic mass is 16.7. The summed E-state index contributed by atoms with van der Waals surface area (Å²) < 4.78 is 12.1. The average Bonchev–Trinajstić information content (AvgIpc) is 2.63. The SMILES string of the molecule is CC(C)[C@H]1CC[C@]2(C)C[C@@H]3O[C@@]2(O1)[C@@H](O)C=C3C(=O)O. The summed E-state index contributed by atoms with van der Waals surface area (Å²) in [4.78, 5) is 11.3. The summed E-state index contributed by atoms with van der Waals surface area (Å²) in [6.07, 6.45) is 2.32. The molecule has 2 saturated heterocycles. The van der Waals surface area contributed by atoms with Gasteiger partial charge < -0.3 is 19.7 Å². The second kappa shape index (κ2) is 4.29. The molecular weight excluding hydrogens is 260 g/mol. The Morgan fingerprint density at radius 3 is 2.75 bits per heavy atom. The molecule has 3 rings (SSSR count). The minimum Gasteiger partial charge on any atom is -0.478 e. The Morgan fingerprint density at radius 1 is 1.45 bits per heavy atom. The first-order valence-corrected chi connectivity index (χ1v) is 7.28. The predicted octanol–water partition coefficient (Wildman–Crippen LogP) is 1.70. The molecule has 2 fully saturated rings. The van der Waals surface area contributed by atoms with Gasteiger partial charge in [0.15, 0.2) is 0 Å². The van der Waals surface area contributed by atoms with E-state index in [1.807, 2.05) is 6.92 Å². The monoisotopic (exact) mass is 282 g/mol. The molecule has 112 valence electrons. The first-order chi connectivity index (χ1) is 9.29. The number of ether oxygens (including phenoxy) is 2. The van der Waals surface area contributed by atoms with Gasteiger partial charge in [0.25, 0.3) is 0 Å². The van der Waals surface area contributed by atoms with E-state index in [9.17, 15) is 15.0 Å². The van der Waals surface area contributed by atoms with Crippen molar-refractivity contribution in [2.24, 2.45) is 11.3 Å². The lowest BCUT2D eigenvalue weighted by Gasteiger charge is -2.51. The van der Waals surface area contributed by atoms with Gasteiger partial charge in [-0.15, -0.1) is 0 Å². The number of aliphatic carboxylic acids is 1. The van der Waals surface area contributed by atoms with Crippen LogP contribution in [-0.2, 0) is 14.3 Å². The molecule has 0 aromatic rings. The second-order valence-corrected chi connectivity index (χ2v) is 6.85. The molecule has 3 aliphatic heterocycles. The van der Waals surface area contributed by atoms with Crippen LogP contribution in [0.5, 0.6) is 0 Å². The van der Waals surface area contributed by atoms with E-state index in [1.165, 1.54) is 6.08 Å². The van der Waals surface area contributed by atoms with Crippen molar-refractivity contribution in [3.63, 3.8) is 0 Å². The maximum atomic E-state index is 11.3. The molecule has 2 N–H and O–H groups in total. The minimum absolute atomic E-state index is 0.0382. The molecule has 2 bridgehead atoms.